The molecule has 2 amide bonds. The number of piperidine rings is 1. The third-order valence-electron chi connectivity index (χ3n) is 8.88. The molecule has 2 aromatic heterocycles. The molecule has 1 N–H and O–H groups in total. The maximum absolute atomic E-state index is 13.2. The van der Waals surface area contributed by atoms with Gasteiger partial charge in [-0.3, -0.25) is 9.59 Å². The van der Waals surface area contributed by atoms with E-state index in [1.807, 2.05) is 11.6 Å². The van der Waals surface area contributed by atoms with Gasteiger partial charge in [-0.25, -0.2) is 4.98 Å². The summed E-state index contributed by atoms with van der Waals surface area (Å²) < 4.78 is 7.95. The van der Waals surface area contributed by atoms with Gasteiger partial charge < -0.3 is 19.5 Å². The zero-order valence-corrected chi connectivity index (χ0v) is 21.9. The van der Waals surface area contributed by atoms with Gasteiger partial charge >= 0.3 is 0 Å². The molecule has 0 radical (unpaired) electrons. The average molecular weight is 512 g/mol. The summed E-state index contributed by atoms with van der Waals surface area (Å²) >= 11 is 0. The number of methoxy groups -OCH3 is 1. The molecule has 196 valence electrons. The van der Waals surface area contributed by atoms with Crippen molar-refractivity contribution in [3.63, 3.8) is 0 Å². The highest BCUT2D eigenvalue weighted by molar-refractivity contribution is 6.07. The number of anilines is 1. The number of hydrogen-bond donors (Lipinski definition) is 1. The molecule has 3 fully saturated rings. The summed E-state index contributed by atoms with van der Waals surface area (Å²) in [5.41, 5.74) is 3.33. The Balaban J connectivity index is 1.32. The van der Waals surface area contributed by atoms with Crippen LogP contribution in [-0.2, 0) is 11.8 Å². The third kappa shape index (κ3) is 4.10. The molecule has 2 aliphatic carbocycles. The molecule has 0 unspecified atom stereocenters. The van der Waals surface area contributed by atoms with E-state index in [0.29, 0.717) is 46.2 Å². The molecule has 3 aromatic rings. The van der Waals surface area contributed by atoms with Crippen LogP contribution < -0.4 is 10.1 Å². The molecule has 3 heterocycles. The van der Waals surface area contributed by atoms with Gasteiger partial charge in [0.25, 0.3) is 5.91 Å². The molecular weight excluding hydrogens is 478 g/mol. The number of hydrogen-bond acceptors (Lipinski definition) is 5. The fourth-order valence-corrected chi connectivity index (χ4v) is 7.17. The lowest BCUT2D eigenvalue weighted by Crippen LogP contribution is -2.46. The Labute approximate surface area is 222 Å². The number of likely N-dealkylation sites (tertiary alicyclic amines) is 1. The highest BCUT2D eigenvalue weighted by Crippen LogP contribution is 2.52. The van der Waals surface area contributed by atoms with Gasteiger partial charge in [-0.15, -0.1) is 0 Å². The quantitative estimate of drug-likeness (QED) is 0.528. The van der Waals surface area contributed by atoms with Crippen molar-refractivity contribution in [1.29, 1.82) is 5.26 Å². The van der Waals surface area contributed by atoms with E-state index in [2.05, 4.69) is 22.5 Å². The van der Waals surface area contributed by atoms with Crippen LogP contribution in [0, 0.1) is 29.1 Å². The summed E-state index contributed by atoms with van der Waals surface area (Å²) in [5, 5.41) is 13.1. The van der Waals surface area contributed by atoms with E-state index in [1.54, 1.807) is 37.6 Å². The smallest absolute Gasteiger partial charge is 0.255 e. The second-order valence-corrected chi connectivity index (χ2v) is 11.1. The number of carbonyl (C=O) groups is 2. The molecule has 3 aliphatic rings. The van der Waals surface area contributed by atoms with Gasteiger partial charge in [0.05, 0.1) is 30.3 Å². The monoisotopic (exact) mass is 511 g/mol. The van der Waals surface area contributed by atoms with E-state index in [-0.39, 0.29) is 11.8 Å². The molecule has 2 saturated carbocycles. The first-order valence-corrected chi connectivity index (χ1v) is 13.6. The maximum atomic E-state index is 13.2. The molecule has 1 aliphatic heterocycles. The van der Waals surface area contributed by atoms with Crippen molar-refractivity contribution >= 4 is 28.5 Å². The van der Waals surface area contributed by atoms with Crippen LogP contribution in [0.5, 0.6) is 5.75 Å². The van der Waals surface area contributed by atoms with Crippen LogP contribution in [0.4, 0.5) is 5.69 Å². The standard InChI is InChI=1S/C30H33N5O3/c1-34-17-23(25-21-10-11-22(25)16-35(15-21)30(37)19-7-3-4-8-19)26-27(38-2)24(14-32-28(26)34)33-29(36)20-9-5-6-18(12-20)13-31/h5-6,9,12,14,17,19,21-22,25H,3-4,7-8,10-11,15-16H2,1-2H3,(H,33,36)/t21-,22+,25-. The van der Waals surface area contributed by atoms with Crippen molar-refractivity contribution in [2.75, 3.05) is 25.5 Å². The van der Waals surface area contributed by atoms with E-state index in [0.717, 1.165) is 49.8 Å². The number of nitriles is 1. The van der Waals surface area contributed by atoms with E-state index in [9.17, 15) is 14.9 Å². The van der Waals surface area contributed by atoms with Crippen LogP contribution in [0.3, 0.4) is 0 Å². The first kappa shape index (κ1) is 24.5. The minimum Gasteiger partial charge on any atom is -0.494 e. The Bertz CT molecular complexity index is 1430. The zero-order chi connectivity index (χ0) is 26.4. The number of aryl methyl sites for hydroxylation is 1. The van der Waals surface area contributed by atoms with Gasteiger partial charge in [-0.05, 0) is 67.2 Å². The van der Waals surface area contributed by atoms with E-state index in [4.69, 9.17) is 9.72 Å². The van der Waals surface area contributed by atoms with Crippen LogP contribution in [0.2, 0.25) is 0 Å². The number of carbonyl (C=O) groups excluding carboxylic acids is 2. The number of aromatic nitrogens is 2. The largest absolute Gasteiger partial charge is 0.494 e. The van der Waals surface area contributed by atoms with Crippen molar-refractivity contribution in [3.05, 3.63) is 53.3 Å². The molecule has 8 heteroatoms. The first-order chi connectivity index (χ1) is 18.5. The molecule has 1 saturated heterocycles. The number of nitrogens with one attached hydrogen (secondary N) is 1. The minimum absolute atomic E-state index is 0.216. The SMILES string of the molecule is COc1c(NC(=O)c2cccc(C#N)c2)cnc2c1c([C@@H]1[C@@H]3CC[C@H]1CN(C(=O)C1CCCC1)C3)cn2C. The Hall–Kier alpha value is -3.86. The Morgan fingerprint density at radius 2 is 1.87 bits per heavy atom. The van der Waals surface area contributed by atoms with Crippen LogP contribution in [0.1, 0.15) is 65.9 Å². The summed E-state index contributed by atoms with van der Waals surface area (Å²) in [6.07, 6.45) is 10.4. The second-order valence-electron chi connectivity index (χ2n) is 11.1. The third-order valence-corrected chi connectivity index (χ3v) is 8.88. The fraction of sp³-hybridized carbons (Fsp3) is 0.467. The number of pyridine rings is 1. The van der Waals surface area contributed by atoms with E-state index < -0.39 is 0 Å². The molecule has 3 atom stereocenters. The van der Waals surface area contributed by atoms with Crippen molar-refractivity contribution in [1.82, 2.24) is 14.5 Å². The molecule has 0 spiro atoms. The van der Waals surface area contributed by atoms with Crippen molar-refractivity contribution in [3.8, 4) is 11.8 Å². The van der Waals surface area contributed by atoms with Crippen LogP contribution >= 0.6 is 0 Å². The predicted octanol–water partition coefficient (Wildman–Crippen LogP) is 4.85. The topological polar surface area (TPSA) is 100 Å². The van der Waals surface area contributed by atoms with Gasteiger partial charge in [0.15, 0.2) is 5.75 Å². The Morgan fingerprint density at radius 3 is 2.55 bits per heavy atom. The Kier molecular flexibility index (Phi) is 6.30. The number of amides is 2. The fourth-order valence-electron chi connectivity index (χ4n) is 7.17. The average Bonchev–Trinajstić information content (AvgIpc) is 3.65. The van der Waals surface area contributed by atoms with E-state index >= 15 is 0 Å². The van der Waals surface area contributed by atoms with Crippen LogP contribution in [0.25, 0.3) is 11.0 Å². The van der Waals surface area contributed by atoms with Crippen molar-refractivity contribution in [2.24, 2.45) is 24.8 Å². The number of rotatable bonds is 5. The normalized spacial score (nSPS) is 23.0. The number of benzene rings is 1. The number of nitrogens with zero attached hydrogens (tertiary/aromatic N) is 4. The van der Waals surface area contributed by atoms with Crippen LogP contribution in [0.15, 0.2) is 36.7 Å². The van der Waals surface area contributed by atoms with Gasteiger partial charge in [-0.2, -0.15) is 5.26 Å². The molecule has 38 heavy (non-hydrogen) atoms. The summed E-state index contributed by atoms with van der Waals surface area (Å²) in [5.74, 6) is 1.98. The van der Waals surface area contributed by atoms with Gasteiger partial charge in [0.1, 0.15) is 11.3 Å². The molecule has 2 bridgehead atoms. The summed E-state index contributed by atoms with van der Waals surface area (Å²) in [7, 11) is 3.61. The highest BCUT2D eigenvalue weighted by Gasteiger charge is 2.46. The number of ether oxygens (including phenoxy) is 1. The van der Waals surface area contributed by atoms with Gasteiger partial charge in [0.2, 0.25) is 5.91 Å². The minimum atomic E-state index is -0.321. The summed E-state index contributed by atoms with van der Waals surface area (Å²) in [4.78, 5) is 33.1. The van der Waals surface area contributed by atoms with Crippen LogP contribution in [-0.4, -0.2) is 46.5 Å². The second kappa shape index (κ2) is 9.79. The van der Waals surface area contributed by atoms with Gasteiger partial charge in [-0.1, -0.05) is 18.9 Å². The molecular formula is C30H33N5O3. The zero-order valence-electron chi connectivity index (χ0n) is 21.9. The lowest BCUT2D eigenvalue weighted by Gasteiger charge is -2.39. The summed E-state index contributed by atoms with van der Waals surface area (Å²) in [6.45, 7) is 1.63. The summed E-state index contributed by atoms with van der Waals surface area (Å²) in [6, 6.07) is 8.69. The molecule has 8 nitrogen and oxygen atoms in total. The van der Waals surface area contributed by atoms with Crippen molar-refractivity contribution in [2.45, 2.75) is 44.4 Å². The van der Waals surface area contributed by atoms with E-state index in [1.165, 1.54) is 18.4 Å². The lowest BCUT2D eigenvalue weighted by atomic mass is 9.79. The highest BCUT2D eigenvalue weighted by atomic mass is 16.5. The van der Waals surface area contributed by atoms with Crippen molar-refractivity contribution < 1.29 is 14.3 Å². The predicted molar refractivity (Wildman–Crippen MR) is 144 cm³/mol. The molecule has 1 aromatic carbocycles. The Morgan fingerprint density at radius 1 is 1.13 bits per heavy atom. The molecule has 6 rings (SSSR count). The lowest BCUT2D eigenvalue weighted by molar-refractivity contribution is -0.137. The number of fused-ring (bicyclic) bond motifs is 3. The first-order valence-electron chi connectivity index (χ1n) is 13.6. The van der Waals surface area contributed by atoms with Gasteiger partial charge in [0, 0.05) is 37.8 Å². The maximum Gasteiger partial charge on any atom is 0.255 e.